The van der Waals surface area contributed by atoms with Gasteiger partial charge in [-0.1, -0.05) is 0 Å². The van der Waals surface area contributed by atoms with Crippen molar-refractivity contribution in [3.63, 3.8) is 0 Å². The first-order valence-corrected chi connectivity index (χ1v) is 6.21. The lowest BCUT2D eigenvalue weighted by Gasteiger charge is -2.07. The highest BCUT2D eigenvalue weighted by Crippen LogP contribution is 2.28. The third-order valence-electron chi connectivity index (χ3n) is 2.69. The highest BCUT2D eigenvalue weighted by Gasteiger charge is 2.08. The Morgan fingerprint density at radius 3 is 3.12 bits per heavy atom. The zero-order chi connectivity index (χ0) is 11.1. The van der Waals surface area contributed by atoms with Crippen molar-refractivity contribution in [2.75, 3.05) is 0 Å². The summed E-state index contributed by atoms with van der Waals surface area (Å²) < 4.78 is 3.31. The lowest BCUT2D eigenvalue weighted by atomic mass is 10.2. The summed E-state index contributed by atoms with van der Waals surface area (Å²) in [5.74, 6) is 0. The van der Waals surface area contributed by atoms with Gasteiger partial charge in [-0.25, -0.2) is 0 Å². The quantitative estimate of drug-likeness (QED) is 0.736. The fraction of sp³-hybridized carbons (Fsp3) is 0.250. The predicted molar refractivity (Wildman–Crippen MR) is 68.8 cm³/mol. The van der Waals surface area contributed by atoms with Gasteiger partial charge in [0.1, 0.15) is 0 Å². The second-order valence-corrected chi connectivity index (χ2v) is 5.09. The second kappa shape index (κ2) is 3.57. The van der Waals surface area contributed by atoms with Gasteiger partial charge in [-0.05, 0) is 30.5 Å². The van der Waals surface area contributed by atoms with Crippen LogP contribution in [0.25, 0.3) is 21.0 Å². The maximum absolute atomic E-state index is 5.84. The molecule has 2 aromatic heterocycles. The molecule has 0 radical (unpaired) electrons. The zero-order valence-corrected chi connectivity index (χ0v) is 9.87. The molecule has 0 unspecified atom stereocenters. The molecule has 1 aromatic carbocycles. The molecule has 0 fully saturated rings. The Balaban J connectivity index is 2.32. The van der Waals surface area contributed by atoms with Gasteiger partial charge in [0.15, 0.2) is 0 Å². The number of hydrogen-bond donors (Lipinski definition) is 1. The number of aromatic nitrogens is 2. The first-order valence-electron chi connectivity index (χ1n) is 5.33. The van der Waals surface area contributed by atoms with Gasteiger partial charge < -0.3 is 5.73 Å². The van der Waals surface area contributed by atoms with E-state index in [-0.39, 0.29) is 6.04 Å². The summed E-state index contributed by atoms with van der Waals surface area (Å²) in [5, 5.41) is 8.99. The summed E-state index contributed by atoms with van der Waals surface area (Å²) in [4.78, 5) is 0. The van der Waals surface area contributed by atoms with Gasteiger partial charge in [-0.2, -0.15) is 5.10 Å². The number of nitrogens with zero attached hydrogens (tertiary/aromatic N) is 2. The fourth-order valence-corrected chi connectivity index (χ4v) is 2.83. The van der Waals surface area contributed by atoms with Crippen LogP contribution < -0.4 is 5.73 Å². The molecule has 82 valence electrons. The lowest BCUT2D eigenvalue weighted by Crippen LogP contribution is -2.22. The van der Waals surface area contributed by atoms with Crippen LogP contribution in [-0.4, -0.2) is 15.8 Å². The minimum absolute atomic E-state index is 0.122. The van der Waals surface area contributed by atoms with Crippen molar-refractivity contribution < 1.29 is 0 Å². The Morgan fingerprint density at radius 1 is 1.44 bits per heavy atom. The topological polar surface area (TPSA) is 43.8 Å². The minimum atomic E-state index is 0.122. The third kappa shape index (κ3) is 1.42. The molecule has 3 aromatic rings. The monoisotopic (exact) mass is 231 g/mol. The highest BCUT2D eigenvalue weighted by molar-refractivity contribution is 7.17. The van der Waals surface area contributed by atoms with Gasteiger partial charge in [0, 0.05) is 21.5 Å². The van der Waals surface area contributed by atoms with Crippen LogP contribution >= 0.6 is 11.3 Å². The van der Waals surface area contributed by atoms with Gasteiger partial charge in [0.05, 0.1) is 18.3 Å². The van der Waals surface area contributed by atoms with Crippen molar-refractivity contribution in [3.05, 3.63) is 29.8 Å². The van der Waals surface area contributed by atoms with E-state index in [0.717, 1.165) is 6.54 Å². The Kier molecular flexibility index (Phi) is 2.19. The molecule has 3 nitrogen and oxygen atoms in total. The van der Waals surface area contributed by atoms with E-state index in [0.29, 0.717) is 0 Å². The third-order valence-corrected chi connectivity index (χ3v) is 3.58. The number of hydrogen-bond acceptors (Lipinski definition) is 3. The number of nitrogens with two attached hydrogens (primary N) is 1. The Morgan fingerprint density at radius 2 is 2.31 bits per heavy atom. The molecule has 0 aliphatic carbocycles. The van der Waals surface area contributed by atoms with Crippen molar-refractivity contribution in [2.45, 2.75) is 19.5 Å². The molecule has 0 amide bonds. The highest BCUT2D eigenvalue weighted by atomic mass is 32.1. The van der Waals surface area contributed by atoms with Crippen molar-refractivity contribution in [1.82, 2.24) is 9.78 Å². The van der Waals surface area contributed by atoms with Crippen molar-refractivity contribution in [2.24, 2.45) is 5.73 Å². The van der Waals surface area contributed by atoms with Gasteiger partial charge in [0.2, 0.25) is 0 Å². The smallest absolute Gasteiger partial charge is 0.0769 e. The van der Waals surface area contributed by atoms with E-state index < -0.39 is 0 Å². The van der Waals surface area contributed by atoms with Crippen molar-refractivity contribution >= 4 is 32.3 Å². The van der Waals surface area contributed by atoms with Gasteiger partial charge >= 0.3 is 0 Å². The lowest BCUT2D eigenvalue weighted by molar-refractivity contribution is 0.554. The Bertz CT molecular complexity index is 636. The fourth-order valence-electron chi connectivity index (χ4n) is 2.04. The molecule has 4 heteroatoms. The molecule has 16 heavy (non-hydrogen) atoms. The summed E-state index contributed by atoms with van der Waals surface area (Å²) in [6.07, 6.45) is 1.91. The van der Waals surface area contributed by atoms with Crippen LogP contribution in [-0.2, 0) is 6.54 Å². The van der Waals surface area contributed by atoms with Crippen LogP contribution in [0.3, 0.4) is 0 Å². The normalized spacial score (nSPS) is 13.6. The summed E-state index contributed by atoms with van der Waals surface area (Å²) >= 11 is 1.76. The molecule has 2 heterocycles. The van der Waals surface area contributed by atoms with Crippen LogP contribution in [0.1, 0.15) is 6.92 Å². The Hall–Kier alpha value is -1.39. The van der Waals surface area contributed by atoms with Crippen LogP contribution in [0.5, 0.6) is 0 Å². The van der Waals surface area contributed by atoms with E-state index in [1.807, 2.05) is 17.8 Å². The first kappa shape index (κ1) is 9.81. The van der Waals surface area contributed by atoms with Gasteiger partial charge in [-0.3, -0.25) is 4.68 Å². The maximum atomic E-state index is 5.84. The number of rotatable bonds is 2. The molecule has 0 saturated heterocycles. The molecular weight excluding hydrogens is 218 g/mol. The average Bonchev–Trinajstić information content (AvgIpc) is 2.82. The van der Waals surface area contributed by atoms with Crippen LogP contribution in [0, 0.1) is 0 Å². The van der Waals surface area contributed by atoms with E-state index >= 15 is 0 Å². The second-order valence-electron chi connectivity index (χ2n) is 4.14. The molecule has 2 N–H and O–H groups in total. The Labute approximate surface area is 97.5 Å². The predicted octanol–water partition coefficient (Wildman–Crippen LogP) is 2.60. The van der Waals surface area contributed by atoms with Crippen LogP contribution in [0.4, 0.5) is 0 Å². The largest absolute Gasteiger partial charge is 0.326 e. The standard InChI is InChI=1S/C12H13N3S/c1-8(13)7-15-12-9(6-14-15)2-3-11-10(12)4-5-16-11/h2-6,8H,7,13H2,1H3/t8-/m0/s1. The number of thiophene rings is 1. The summed E-state index contributed by atoms with van der Waals surface area (Å²) in [6.45, 7) is 2.76. The molecule has 0 saturated carbocycles. The van der Waals surface area contributed by atoms with E-state index in [1.54, 1.807) is 11.3 Å². The van der Waals surface area contributed by atoms with Crippen molar-refractivity contribution in [3.8, 4) is 0 Å². The molecule has 0 aliphatic rings. The van der Waals surface area contributed by atoms with E-state index in [2.05, 4.69) is 28.7 Å². The van der Waals surface area contributed by atoms with E-state index in [1.165, 1.54) is 21.0 Å². The number of fused-ring (bicyclic) bond motifs is 3. The number of benzene rings is 1. The molecule has 3 rings (SSSR count). The van der Waals surface area contributed by atoms with E-state index in [9.17, 15) is 0 Å². The molecule has 0 bridgehead atoms. The minimum Gasteiger partial charge on any atom is -0.326 e. The van der Waals surface area contributed by atoms with Crippen LogP contribution in [0.15, 0.2) is 29.8 Å². The molecular formula is C12H13N3S. The average molecular weight is 231 g/mol. The van der Waals surface area contributed by atoms with Crippen LogP contribution in [0.2, 0.25) is 0 Å². The summed E-state index contributed by atoms with van der Waals surface area (Å²) in [7, 11) is 0. The molecule has 0 spiro atoms. The van der Waals surface area contributed by atoms with Crippen molar-refractivity contribution in [1.29, 1.82) is 0 Å². The van der Waals surface area contributed by atoms with Gasteiger partial charge in [0.25, 0.3) is 0 Å². The molecule has 0 aliphatic heterocycles. The zero-order valence-electron chi connectivity index (χ0n) is 9.05. The maximum Gasteiger partial charge on any atom is 0.0769 e. The SMILES string of the molecule is C[C@H](N)Cn1ncc2ccc3sccc3c21. The van der Waals surface area contributed by atoms with E-state index in [4.69, 9.17) is 5.73 Å². The summed E-state index contributed by atoms with van der Waals surface area (Å²) in [5.41, 5.74) is 7.04. The summed E-state index contributed by atoms with van der Waals surface area (Å²) in [6, 6.07) is 6.55. The molecule has 1 atom stereocenters. The van der Waals surface area contributed by atoms with Gasteiger partial charge in [-0.15, -0.1) is 11.3 Å². The first-order chi connectivity index (χ1) is 7.75.